The van der Waals surface area contributed by atoms with Gasteiger partial charge in [-0.3, -0.25) is 0 Å². The van der Waals surface area contributed by atoms with Crippen molar-refractivity contribution in [1.82, 2.24) is 5.32 Å². The number of hydrogen-bond acceptors (Lipinski definition) is 5. The smallest absolute Gasteiger partial charge is 0.408 e. The minimum atomic E-state index is -0.912. The van der Waals surface area contributed by atoms with Crippen molar-refractivity contribution in [1.29, 1.82) is 0 Å². The summed E-state index contributed by atoms with van der Waals surface area (Å²) >= 11 is 0. The van der Waals surface area contributed by atoms with Crippen LogP contribution in [0.25, 0.3) is 0 Å². The Morgan fingerprint density at radius 1 is 1.40 bits per heavy atom. The highest BCUT2D eigenvalue weighted by Gasteiger charge is 2.40. The van der Waals surface area contributed by atoms with Gasteiger partial charge in [0.2, 0.25) is 0 Å². The summed E-state index contributed by atoms with van der Waals surface area (Å²) in [5.74, 6) is -0.580. The predicted molar refractivity (Wildman–Crippen MR) is 69.1 cm³/mol. The summed E-state index contributed by atoms with van der Waals surface area (Å²) in [6.45, 7) is 3.53. The lowest BCUT2D eigenvalue weighted by Crippen LogP contribution is -2.41. The van der Waals surface area contributed by atoms with Gasteiger partial charge in [-0.05, 0) is 18.2 Å². The molecule has 0 aromatic heterocycles. The summed E-state index contributed by atoms with van der Waals surface area (Å²) in [7, 11) is 0. The van der Waals surface area contributed by atoms with Gasteiger partial charge in [0, 0.05) is 0 Å². The number of cyclic esters (lactones) is 1. The maximum atomic E-state index is 11.9. The number of nitrogens with one attached hydrogen (secondary N) is 1. The third-order valence-electron chi connectivity index (χ3n) is 2.84. The van der Waals surface area contributed by atoms with Crippen molar-refractivity contribution in [3.05, 3.63) is 48.6 Å². The largest absolute Gasteiger partial charge is 0.450 e. The molecule has 1 saturated heterocycles. The second kappa shape index (κ2) is 6.01. The van der Waals surface area contributed by atoms with Crippen molar-refractivity contribution in [2.45, 2.75) is 18.2 Å². The minimum absolute atomic E-state index is 0.360. The van der Waals surface area contributed by atoms with Crippen LogP contribution in [0.1, 0.15) is 10.4 Å². The van der Waals surface area contributed by atoms with Crippen LogP contribution < -0.4 is 5.32 Å². The third kappa shape index (κ3) is 2.85. The Bertz CT molecular complexity index is 528. The van der Waals surface area contributed by atoms with Gasteiger partial charge in [0.1, 0.15) is 12.3 Å². The number of benzene rings is 1. The molecule has 20 heavy (non-hydrogen) atoms. The molecule has 6 nitrogen and oxygen atoms in total. The molecule has 3 atom stereocenters. The van der Waals surface area contributed by atoms with Crippen LogP contribution in [-0.2, 0) is 14.3 Å². The number of hydrogen-bond donors (Lipinski definition) is 1. The molecule has 1 fully saturated rings. The van der Waals surface area contributed by atoms with Crippen molar-refractivity contribution in [3.8, 4) is 0 Å². The van der Waals surface area contributed by atoms with E-state index in [4.69, 9.17) is 9.47 Å². The number of carbonyl (C=O) groups excluding carboxylic acids is 3. The van der Waals surface area contributed by atoms with Gasteiger partial charge in [0.05, 0.1) is 5.56 Å². The number of rotatable bonds is 5. The van der Waals surface area contributed by atoms with Crippen LogP contribution in [0.4, 0.5) is 4.79 Å². The molecule has 0 saturated carbocycles. The molecule has 0 bridgehead atoms. The molecule has 104 valence electrons. The maximum absolute atomic E-state index is 11.9. The van der Waals surface area contributed by atoms with E-state index in [1.807, 2.05) is 0 Å². The lowest BCUT2D eigenvalue weighted by molar-refractivity contribution is -0.111. The van der Waals surface area contributed by atoms with Crippen LogP contribution in [0, 0.1) is 0 Å². The first-order valence-corrected chi connectivity index (χ1v) is 5.96. The minimum Gasteiger partial charge on any atom is -0.450 e. The van der Waals surface area contributed by atoms with Gasteiger partial charge in [0.25, 0.3) is 0 Å². The summed E-state index contributed by atoms with van der Waals surface area (Å²) in [6, 6.07) is 7.49. The normalized spacial score (nSPS) is 22.3. The van der Waals surface area contributed by atoms with Crippen LogP contribution in [0.3, 0.4) is 0 Å². The van der Waals surface area contributed by atoms with Crippen molar-refractivity contribution in [3.63, 3.8) is 0 Å². The van der Waals surface area contributed by atoms with Gasteiger partial charge in [-0.25, -0.2) is 9.59 Å². The Morgan fingerprint density at radius 3 is 2.70 bits per heavy atom. The fourth-order valence-electron chi connectivity index (χ4n) is 1.85. The Morgan fingerprint density at radius 2 is 2.10 bits per heavy atom. The fraction of sp³-hybridized carbons (Fsp3) is 0.214. The molecular formula is C14H13NO5. The molecule has 0 unspecified atom stereocenters. The highest BCUT2D eigenvalue weighted by Crippen LogP contribution is 2.17. The first-order valence-electron chi connectivity index (χ1n) is 5.96. The van der Waals surface area contributed by atoms with Crippen molar-refractivity contribution in [2.75, 3.05) is 0 Å². The fourth-order valence-corrected chi connectivity index (χ4v) is 1.85. The van der Waals surface area contributed by atoms with E-state index in [1.54, 1.807) is 30.3 Å². The Kier molecular flexibility index (Phi) is 4.14. The second-order valence-electron chi connectivity index (χ2n) is 4.15. The van der Waals surface area contributed by atoms with Crippen LogP contribution in [0.2, 0.25) is 0 Å². The average Bonchev–Trinajstić information content (AvgIpc) is 2.86. The quantitative estimate of drug-likeness (QED) is 0.494. The number of esters is 1. The molecule has 6 heteroatoms. The van der Waals surface area contributed by atoms with Gasteiger partial charge in [-0.2, -0.15) is 0 Å². The molecule has 0 radical (unpaired) electrons. The summed E-state index contributed by atoms with van der Waals surface area (Å²) in [4.78, 5) is 33.9. The number of carbonyl (C=O) groups is 3. The molecule has 1 N–H and O–H groups in total. The van der Waals surface area contributed by atoms with E-state index in [0.717, 1.165) is 0 Å². The molecule has 1 aromatic carbocycles. The topological polar surface area (TPSA) is 81.7 Å². The lowest BCUT2D eigenvalue weighted by atomic mass is 10.1. The SMILES string of the molecule is C=C[C@@H](OC(=O)c1ccccc1)[C@H]1OC(=O)N[C@H]1C=O. The summed E-state index contributed by atoms with van der Waals surface area (Å²) in [5.41, 5.74) is 0.360. The van der Waals surface area contributed by atoms with E-state index in [0.29, 0.717) is 11.8 Å². The summed E-state index contributed by atoms with van der Waals surface area (Å²) < 4.78 is 10.1. The van der Waals surface area contributed by atoms with E-state index in [-0.39, 0.29) is 0 Å². The van der Waals surface area contributed by atoms with Gasteiger partial charge in [-0.1, -0.05) is 24.8 Å². The van der Waals surface area contributed by atoms with Crippen LogP contribution in [0.15, 0.2) is 43.0 Å². The van der Waals surface area contributed by atoms with E-state index in [2.05, 4.69) is 11.9 Å². The van der Waals surface area contributed by atoms with Gasteiger partial charge >= 0.3 is 12.1 Å². The standard InChI is InChI=1S/C14H13NO5/c1-2-11(12-10(8-16)15-14(18)20-12)19-13(17)9-6-4-3-5-7-9/h2-8,10-12H,1H2,(H,15,18)/t10-,11+,12-/m0/s1. The van der Waals surface area contributed by atoms with Gasteiger partial charge < -0.3 is 19.6 Å². The molecule has 2 rings (SSSR count). The highest BCUT2D eigenvalue weighted by atomic mass is 16.6. The molecule has 1 heterocycles. The zero-order chi connectivity index (χ0) is 14.5. The van der Waals surface area contributed by atoms with Gasteiger partial charge in [0.15, 0.2) is 12.2 Å². The van der Waals surface area contributed by atoms with Crippen LogP contribution in [0.5, 0.6) is 0 Å². The van der Waals surface area contributed by atoms with Crippen molar-refractivity contribution in [2.24, 2.45) is 0 Å². The van der Waals surface area contributed by atoms with E-state index in [1.165, 1.54) is 6.08 Å². The first-order chi connectivity index (χ1) is 9.65. The first kappa shape index (κ1) is 13.8. The lowest BCUT2D eigenvalue weighted by Gasteiger charge is -2.21. The molecule has 1 aromatic rings. The zero-order valence-corrected chi connectivity index (χ0v) is 10.5. The third-order valence-corrected chi connectivity index (χ3v) is 2.84. The maximum Gasteiger partial charge on any atom is 0.408 e. The summed E-state index contributed by atoms with van der Waals surface area (Å²) in [5, 5.41) is 2.31. The molecule has 0 aliphatic carbocycles. The molecular weight excluding hydrogens is 262 g/mol. The highest BCUT2D eigenvalue weighted by molar-refractivity contribution is 5.89. The molecule has 1 aliphatic rings. The van der Waals surface area contributed by atoms with Gasteiger partial charge in [-0.15, -0.1) is 0 Å². The van der Waals surface area contributed by atoms with E-state index < -0.39 is 30.3 Å². The van der Waals surface area contributed by atoms with Crippen molar-refractivity contribution < 1.29 is 23.9 Å². The van der Waals surface area contributed by atoms with E-state index >= 15 is 0 Å². The molecule has 1 aliphatic heterocycles. The summed E-state index contributed by atoms with van der Waals surface area (Å²) in [6.07, 6.45) is -0.693. The van der Waals surface area contributed by atoms with Crippen LogP contribution >= 0.6 is 0 Å². The van der Waals surface area contributed by atoms with E-state index in [9.17, 15) is 14.4 Å². The molecule has 0 spiro atoms. The number of amides is 1. The molecule has 1 amide bonds. The Labute approximate surface area is 115 Å². The Balaban J connectivity index is 2.09. The number of aldehydes is 1. The monoisotopic (exact) mass is 275 g/mol. The zero-order valence-electron chi connectivity index (χ0n) is 10.5. The van der Waals surface area contributed by atoms with Crippen LogP contribution in [-0.4, -0.2) is 36.6 Å². The average molecular weight is 275 g/mol. The van der Waals surface area contributed by atoms with Crippen molar-refractivity contribution >= 4 is 18.3 Å². The Hall–Kier alpha value is -2.63. The predicted octanol–water partition coefficient (Wildman–Crippen LogP) is 1.07. The number of alkyl carbamates (subject to hydrolysis) is 1. The second-order valence-corrected chi connectivity index (χ2v) is 4.15. The number of ether oxygens (including phenoxy) is 2.